The Morgan fingerprint density at radius 3 is 3.07 bits per heavy atom. The zero-order valence-corrected chi connectivity index (χ0v) is 10.4. The SMILES string of the molecule is CCOCC(C)Nc1nc(N)ncc1Br. The van der Waals surface area contributed by atoms with Gasteiger partial charge in [-0.15, -0.1) is 0 Å². The lowest BCUT2D eigenvalue weighted by Crippen LogP contribution is -2.22. The summed E-state index contributed by atoms with van der Waals surface area (Å²) in [6, 6.07) is 0.176. The molecule has 1 aromatic rings. The summed E-state index contributed by atoms with van der Waals surface area (Å²) < 4.78 is 6.08. The lowest BCUT2D eigenvalue weighted by molar-refractivity contribution is 0.141. The molecule has 0 bridgehead atoms. The van der Waals surface area contributed by atoms with Crippen LogP contribution in [0.5, 0.6) is 0 Å². The van der Waals surface area contributed by atoms with Gasteiger partial charge in [0.1, 0.15) is 5.82 Å². The highest BCUT2D eigenvalue weighted by molar-refractivity contribution is 9.10. The highest BCUT2D eigenvalue weighted by Crippen LogP contribution is 2.19. The second kappa shape index (κ2) is 5.87. The maximum Gasteiger partial charge on any atom is 0.221 e. The average molecular weight is 275 g/mol. The van der Waals surface area contributed by atoms with E-state index in [4.69, 9.17) is 10.5 Å². The zero-order valence-electron chi connectivity index (χ0n) is 8.83. The molecule has 1 aromatic heterocycles. The smallest absolute Gasteiger partial charge is 0.221 e. The van der Waals surface area contributed by atoms with E-state index in [1.54, 1.807) is 6.20 Å². The Bertz CT molecular complexity index is 321. The quantitative estimate of drug-likeness (QED) is 0.855. The predicted molar refractivity (Wildman–Crippen MR) is 63.7 cm³/mol. The van der Waals surface area contributed by atoms with Gasteiger partial charge < -0.3 is 15.8 Å². The van der Waals surface area contributed by atoms with Crippen molar-refractivity contribution in [1.29, 1.82) is 0 Å². The van der Waals surface area contributed by atoms with E-state index in [1.807, 2.05) is 13.8 Å². The number of anilines is 2. The summed E-state index contributed by atoms with van der Waals surface area (Å²) in [5, 5.41) is 3.18. The lowest BCUT2D eigenvalue weighted by atomic mass is 10.3. The summed E-state index contributed by atoms with van der Waals surface area (Å²) in [6.45, 7) is 5.32. The molecule has 15 heavy (non-hydrogen) atoms. The normalized spacial score (nSPS) is 12.5. The third-order valence-electron chi connectivity index (χ3n) is 1.72. The maximum atomic E-state index is 5.49. The standard InChI is InChI=1S/C9H15BrN4O/c1-3-15-5-6(2)13-8-7(10)4-12-9(11)14-8/h4,6H,3,5H2,1-2H3,(H3,11,12,13,14). The van der Waals surface area contributed by atoms with Crippen LogP contribution in [-0.4, -0.2) is 29.2 Å². The third-order valence-corrected chi connectivity index (χ3v) is 2.30. The molecule has 0 spiro atoms. The Morgan fingerprint density at radius 2 is 2.40 bits per heavy atom. The van der Waals surface area contributed by atoms with E-state index in [9.17, 15) is 0 Å². The van der Waals surface area contributed by atoms with Crippen LogP contribution >= 0.6 is 15.9 Å². The molecule has 0 aliphatic rings. The fraction of sp³-hybridized carbons (Fsp3) is 0.556. The maximum absolute atomic E-state index is 5.49. The lowest BCUT2D eigenvalue weighted by Gasteiger charge is -2.15. The van der Waals surface area contributed by atoms with Gasteiger partial charge in [0, 0.05) is 18.8 Å². The number of ether oxygens (including phenoxy) is 1. The summed E-state index contributed by atoms with van der Waals surface area (Å²) in [7, 11) is 0. The van der Waals surface area contributed by atoms with Crippen LogP contribution in [0.2, 0.25) is 0 Å². The highest BCUT2D eigenvalue weighted by atomic mass is 79.9. The summed E-state index contributed by atoms with van der Waals surface area (Å²) in [4.78, 5) is 7.93. The van der Waals surface area contributed by atoms with Crippen molar-refractivity contribution in [3.05, 3.63) is 10.7 Å². The van der Waals surface area contributed by atoms with Crippen LogP contribution in [0, 0.1) is 0 Å². The van der Waals surface area contributed by atoms with E-state index in [-0.39, 0.29) is 12.0 Å². The Balaban J connectivity index is 2.59. The summed E-state index contributed by atoms with van der Waals surface area (Å²) in [5.74, 6) is 0.944. The summed E-state index contributed by atoms with van der Waals surface area (Å²) in [5.41, 5.74) is 5.49. The molecule has 0 aromatic carbocycles. The zero-order chi connectivity index (χ0) is 11.3. The van der Waals surface area contributed by atoms with Gasteiger partial charge in [-0.2, -0.15) is 4.98 Å². The fourth-order valence-electron chi connectivity index (χ4n) is 1.05. The van der Waals surface area contributed by atoms with Gasteiger partial charge in [0.2, 0.25) is 5.95 Å². The van der Waals surface area contributed by atoms with E-state index >= 15 is 0 Å². The minimum Gasteiger partial charge on any atom is -0.380 e. The van der Waals surface area contributed by atoms with Gasteiger partial charge in [-0.25, -0.2) is 4.98 Å². The van der Waals surface area contributed by atoms with Crippen molar-refractivity contribution in [2.45, 2.75) is 19.9 Å². The van der Waals surface area contributed by atoms with Crippen molar-refractivity contribution < 1.29 is 4.74 Å². The van der Waals surface area contributed by atoms with Gasteiger partial charge in [0.25, 0.3) is 0 Å². The van der Waals surface area contributed by atoms with E-state index < -0.39 is 0 Å². The van der Waals surface area contributed by atoms with Crippen molar-refractivity contribution in [2.75, 3.05) is 24.3 Å². The first-order valence-electron chi connectivity index (χ1n) is 4.75. The van der Waals surface area contributed by atoms with Crippen molar-refractivity contribution in [3.63, 3.8) is 0 Å². The van der Waals surface area contributed by atoms with E-state index in [0.717, 1.165) is 4.47 Å². The molecular formula is C9H15BrN4O. The minimum absolute atomic E-state index is 0.176. The third kappa shape index (κ3) is 4.01. The number of halogens is 1. The molecule has 1 atom stereocenters. The second-order valence-electron chi connectivity index (χ2n) is 3.13. The van der Waals surface area contributed by atoms with Crippen molar-refractivity contribution in [1.82, 2.24) is 9.97 Å². The molecule has 0 aliphatic heterocycles. The monoisotopic (exact) mass is 274 g/mol. The molecule has 3 N–H and O–H groups in total. The van der Waals surface area contributed by atoms with Crippen molar-refractivity contribution >= 4 is 27.7 Å². The highest BCUT2D eigenvalue weighted by Gasteiger charge is 2.07. The van der Waals surface area contributed by atoms with Crippen LogP contribution in [0.3, 0.4) is 0 Å². The minimum atomic E-state index is 0.176. The molecule has 0 radical (unpaired) electrons. The van der Waals surface area contributed by atoms with E-state index in [1.165, 1.54) is 0 Å². The molecule has 0 saturated heterocycles. The van der Waals surface area contributed by atoms with Crippen molar-refractivity contribution in [2.24, 2.45) is 0 Å². The number of rotatable bonds is 5. The van der Waals surface area contributed by atoms with Gasteiger partial charge >= 0.3 is 0 Å². The predicted octanol–water partition coefficient (Wildman–Crippen LogP) is 1.66. The van der Waals surface area contributed by atoms with Crippen LogP contribution in [0.1, 0.15) is 13.8 Å². The molecule has 1 unspecified atom stereocenters. The van der Waals surface area contributed by atoms with Crippen LogP contribution in [0.25, 0.3) is 0 Å². The molecule has 84 valence electrons. The molecule has 0 fully saturated rings. The molecule has 5 nitrogen and oxygen atoms in total. The van der Waals surface area contributed by atoms with Crippen LogP contribution in [0.15, 0.2) is 10.7 Å². The van der Waals surface area contributed by atoms with Gasteiger partial charge in [-0.1, -0.05) is 0 Å². The molecule has 0 saturated carbocycles. The Hall–Kier alpha value is -0.880. The molecular weight excluding hydrogens is 260 g/mol. The average Bonchev–Trinajstić information content (AvgIpc) is 2.20. The Labute approximate surface area is 97.6 Å². The van der Waals surface area contributed by atoms with Gasteiger partial charge in [0.15, 0.2) is 0 Å². The molecule has 0 amide bonds. The van der Waals surface area contributed by atoms with Gasteiger partial charge in [-0.05, 0) is 29.8 Å². The number of hydrogen-bond acceptors (Lipinski definition) is 5. The number of nitrogens with two attached hydrogens (primary N) is 1. The fourth-order valence-corrected chi connectivity index (χ4v) is 1.36. The molecule has 1 rings (SSSR count). The first-order chi connectivity index (χ1) is 7.13. The Morgan fingerprint density at radius 1 is 1.67 bits per heavy atom. The van der Waals surface area contributed by atoms with Crippen molar-refractivity contribution in [3.8, 4) is 0 Å². The first kappa shape index (κ1) is 12.2. The van der Waals surface area contributed by atoms with E-state index in [2.05, 4.69) is 31.2 Å². The number of nitrogens with zero attached hydrogens (tertiary/aromatic N) is 2. The second-order valence-corrected chi connectivity index (χ2v) is 3.98. The molecule has 0 aliphatic carbocycles. The van der Waals surface area contributed by atoms with Gasteiger partial charge in [0.05, 0.1) is 11.1 Å². The first-order valence-corrected chi connectivity index (χ1v) is 5.55. The number of aromatic nitrogens is 2. The largest absolute Gasteiger partial charge is 0.380 e. The molecule has 1 heterocycles. The van der Waals surface area contributed by atoms with Crippen LogP contribution < -0.4 is 11.1 Å². The number of nitrogen functional groups attached to an aromatic ring is 1. The van der Waals surface area contributed by atoms with Gasteiger partial charge in [-0.3, -0.25) is 0 Å². The summed E-state index contributed by atoms with van der Waals surface area (Å²) >= 11 is 3.34. The molecule has 6 heteroatoms. The number of nitrogens with one attached hydrogen (secondary N) is 1. The van der Waals surface area contributed by atoms with Crippen LogP contribution in [0.4, 0.5) is 11.8 Å². The summed E-state index contributed by atoms with van der Waals surface area (Å²) in [6.07, 6.45) is 1.62. The topological polar surface area (TPSA) is 73.1 Å². The number of hydrogen-bond donors (Lipinski definition) is 2. The van der Waals surface area contributed by atoms with E-state index in [0.29, 0.717) is 19.0 Å². The van der Waals surface area contributed by atoms with Crippen LogP contribution in [-0.2, 0) is 4.74 Å². The Kier molecular flexibility index (Phi) is 4.77.